The Hall–Kier alpha value is -1.72. The lowest BCUT2D eigenvalue weighted by molar-refractivity contribution is -0.158. The molecule has 0 aromatic heterocycles. The predicted octanol–water partition coefficient (Wildman–Crippen LogP) is 0.330. The number of carbonyl (C=O) groups is 2. The Morgan fingerprint density at radius 1 is 1.20 bits per heavy atom. The molecule has 0 bridgehead atoms. The van der Waals surface area contributed by atoms with E-state index >= 15 is 0 Å². The van der Waals surface area contributed by atoms with Crippen molar-refractivity contribution < 1.29 is 14.3 Å². The van der Waals surface area contributed by atoms with Crippen molar-refractivity contribution in [1.82, 2.24) is 4.90 Å². The molecular weight excluding hydrogens is 256 g/mol. The Bertz CT molecular complexity index is 517. The Balaban J connectivity index is 1.85. The summed E-state index contributed by atoms with van der Waals surface area (Å²) in [6.07, 6.45) is 0.249. The highest BCUT2D eigenvalue weighted by atomic mass is 16.5. The highest BCUT2D eigenvalue weighted by molar-refractivity contribution is 6.36. The SMILES string of the molecule is N[C@H]1COC[C@@H]2[C@@H]1CC(=O)C(=O)N2Cc1ccccc1. The largest absolute Gasteiger partial charge is 0.378 e. The topological polar surface area (TPSA) is 72.6 Å². The number of nitrogens with two attached hydrogens (primary N) is 1. The van der Waals surface area contributed by atoms with Gasteiger partial charge in [-0.25, -0.2) is 0 Å². The molecule has 2 saturated heterocycles. The van der Waals surface area contributed by atoms with Crippen molar-refractivity contribution in [2.24, 2.45) is 11.7 Å². The van der Waals surface area contributed by atoms with E-state index in [0.29, 0.717) is 19.8 Å². The van der Waals surface area contributed by atoms with Gasteiger partial charge in [0.1, 0.15) is 0 Å². The molecule has 1 amide bonds. The van der Waals surface area contributed by atoms with Crippen molar-refractivity contribution in [2.45, 2.75) is 25.0 Å². The van der Waals surface area contributed by atoms with Crippen molar-refractivity contribution in [3.8, 4) is 0 Å². The fraction of sp³-hybridized carbons (Fsp3) is 0.467. The highest BCUT2D eigenvalue weighted by Gasteiger charge is 2.45. The average Bonchev–Trinajstić information content (AvgIpc) is 2.46. The maximum absolute atomic E-state index is 12.2. The van der Waals surface area contributed by atoms with Crippen LogP contribution in [-0.2, 0) is 20.9 Å². The van der Waals surface area contributed by atoms with Gasteiger partial charge >= 0.3 is 0 Å². The molecule has 2 N–H and O–H groups in total. The number of nitrogens with zero attached hydrogens (tertiary/aromatic N) is 1. The third-order valence-electron chi connectivity index (χ3n) is 4.16. The van der Waals surface area contributed by atoms with E-state index in [1.165, 1.54) is 0 Å². The quantitative estimate of drug-likeness (QED) is 0.789. The van der Waals surface area contributed by atoms with Crippen LogP contribution >= 0.6 is 0 Å². The first kappa shape index (κ1) is 13.3. The molecule has 2 fully saturated rings. The normalized spacial score (nSPS) is 30.2. The van der Waals surface area contributed by atoms with E-state index < -0.39 is 5.91 Å². The summed E-state index contributed by atoms with van der Waals surface area (Å²) in [6, 6.07) is 9.40. The number of amides is 1. The molecule has 0 saturated carbocycles. The second-order valence-corrected chi connectivity index (χ2v) is 5.48. The maximum Gasteiger partial charge on any atom is 0.290 e. The zero-order valence-electron chi connectivity index (χ0n) is 11.2. The first-order valence-electron chi connectivity index (χ1n) is 6.88. The molecule has 20 heavy (non-hydrogen) atoms. The number of hydrogen-bond donors (Lipinski definition) is 1. The molecule has 5 heteroatoms. The summed E-state index contributed by atoms with van der Waals surface area (Å²) >= 11 is 0. The summed E-state index contributed by atoms with van der Waals surface area (Å²) in [5.41, 5.74) is 7.05. The van der Waals surface area contributed by atoms with Gasteiger partial charge in [0, 0.05) is 24.9 Å². The van der Waals surface area contributed by atoms with E-state index in [2.05, 4.69) is 0 Å². The molecule has 2 heterocycles. The number of ketones is 1. The van der Waals surface area contributed by atoms with E-state index in [1.54, 1.807) is 4.90 Å². The fourth-order valence-electron chi connectivity index (χ4n) is 3.05. The number of carbonyl (C=O) groups excluding carboxylic acids is 2. The molecule has 5 nitrogen and oxygen atoms in total. The summed E-state index contributed by atoms with van der Waals surface area (Å²) in [4.78, 5) is 25.7. The van der Waals surface area contributed by atoms with Crippen LogP contribution in [-0.4, -0.2) is 41.9 Å². The molecule has 0 spiro atoms. The Morgan fingerprint density at radius 2 is 1.95 bits per heavy atom. The van der Waals surface area contributed by atoms with Gasteiger partial charge in [-0.3, -0.25) is 9.59 Å². The Labute approximate surface area is 117 Å². The summed E-state index contributed by atoms with van der Waals surface area (Å²) in [7, 11) is 0. The van der Waals surface area contributed by atoms with Crippen molar-refractivity contribution in [2.75, 3.05) is 13.2 Å². The van der Waals surface area contributed by atoms with Gasteiger partial charge in [-0.1, -0.05) is 30.3 Å². The lowest BCUT2D eigenvalue weighted by atomic mass is 9.81. The van der Waals surface area contributed by atoms with Crippen LogP contribution < -0.4 is 5.73 Å². The Morgan fingerprint density at radius 3 is 2.70 bits per heavy atom. The molecule has 1 aromatic carbocycles. The van der Waals surface area contributed by atoms with E-state index in [9.17, 15) is 9.59 Å². The molecule has 3 atom stereocenters. The smallest absolute Gasteiger partial charge is 0.290 e. The number of likely N-dealkylation sites (tertiary alicyclic amines) is 1. The third-order valence-corrected chi connectivity index (χ3v) is 4.16. The number of ether oxygens (including phenoxy) is 1. The molecule has 106 valence electrons. The van der Waals surface area contributed by atoms with Crippen LogP contribution in [0.25, 0.3) is 0 Å². The van der Waals surface area contributed by atoms with Crippen LogP contribution in [0.4, 0.5) is 0 Å². The first-order chi connectivity index (χ1) is 9.66. The van der Waals surface area contributed by atoms with Crippen LogP contribution in [0.1, 0.15) is 12.0 Å². The van der Waals surface area contributed by atoms with Gasteiger partial charge in [-0.15, -0.1) is 0 Å². The van der Waals surface area contributed by atoms with Crippen LogP contribution in [0.2, 0.25) is 0 Å². The van der Waals surface area contributed by atoms with Crippen LogP contribution in [0, 0.1) is 5.92 Å². The predicted molar refractivity (Wildman–Crippen MR) is 72.7 cm³/mol. The van der Waals surface area contributed by atoms with Crippen molar-refractivity contribution in [1.29, 1.82) is 0 Å². The van der Waals surface area contributed by atoms with E-state index in [0.717, 1.165) is 5.56 Å². The minimum Gasteiger partial charge on any atom is -0.378 e. The monoisotopic (exact) mass is 274 g/mol. The molecule has 2 aliphatic heterocycles. The minimum absolute atomic E-state index is 0.0117. The molecule has 0 unspecified atom stereocenters. The number of hydrogen-bond acceptors (Lipinski definition) is 4. The van der Waals surface area contributed by atoms with Crippen molar-refractivity contribution in [3.63, 3.8) is 0 Å². The van der Waals surface area contributed by atoms with E-state index in [4.69, 9.17) is 10.5 Å². The summed E-state index contributed by atoms with van der Waals surface area (Å²) in [5, 5.41) is 0. The van der Waals surface area contributed by atoms with Crippen molar-refractivity contribution in [3.05, 3.63) is 35.9 Å². The summed E-state index contributed by atoms with van der Waals surface area (Å²) in [6.45, 7) is 1.36. The van der Waals surface area contributed by atoms with Gasteiger partial charge in [0.15, 0.2) is 0 Å². The van der Waals surface area contributed by atoms with Gasteiger partial charge in [0.2, 0.25) is 5.78 Å². The third kappa shape index (κ3) is 2.34. The number of rotatable bonds is 2. The molecule has 0 aliphatic carbocycles. The standard InChI is InChI=1S/C15H18N2O3/c16-12-8-20-9-13-11(12)6-14(18)15(19)17(13)7-10-4-2-1-3-5-10/h1-5,11-13H,6-9,16H2/t11-,12+,13-/m1/s1. The number of benzene rings is 1. The summed E-state index contributed by atoms with van der Waals surface area (Å²) < 4.78 is 5.47. The molecule has 1 aromatic rings. The molecular formula is C15H18N2O3. The zero-order chi connectivity index (χ0) is 14.1. The number of Topliss-reactive ketones (excluding diaryl/α,β-unsaturated/α-hetero) is 1. The van der Waals surface area contributed by atoms with E-state index in [1.807, 2.05) is 30.3 Å². The van der Waals surface area contributed by atoms with Crippen LogP contribution in [0.5, 0.6) is 0 Å². The molecule has 3 rings (SSSR count). The zero-order valence-corrected chi connectivity index (χ0v) is 11.2. The van der Waals surface area contributed by atoms with Gasteiger partial charge < -0.3 is 15.4 Å². The lowest BCUT2D eigenvalue weighted by Gasteiger charge is -2.45. The fourth-order valence-corrected chi connectivity index (χ4v) is 3.05. The van der Waals surface area contributed by atoms with E-state index in [-0.39, 0.29) is 30.2 Å². The average molecular weight is 274 g/mol. The van der Waals surface area contributed by atoms with Gasteiger partial charge in [0.25, 0.3) is 5.91 Å². The molecule has 2 aliphatic rings. The van der Waals surface area contributed by atoms with Crippen LogP contribution in [0.3, 0.4) is 0 Å². The van der Waals surface area contributed by atoms with Gasteiger partial charge in [-0.2, -0.15) is 0 Å². The summed E-state index contributed by atoms with van der Waals surface area (Å²) in [5.74, 6) is -0.731. The second-order valence-electron chi connectivity index (χ2n) is 5.48. The molecule has 0 radical (unpaired) electrons. The van der Waals surface area contributed by atoms with Crippen LogP contribution in [0.15, 0.2) is 30.3 Å². The number of fused-ring (bicyclic) bond motifs is 1. The first-order valence-corrected chi connectivity index (χ1v) is 6.88. The second kappa shape index (κ2) is 5.34. The van der Waals surface area contributed by atoms with Gasteiger partial charge in [-0.05, 0) is 5.56 Å². The lowest BCUT2D eigenvalue weighted by Crippen LogP contribution is -2.61. The van der Waals surface area contributed by atoms with Crippen molar-refractivity contribution >= 4 is 11.7 Å². The van der Waals surface area contributed by atoms with Gasteiger partial charge in [0.05, 0.1) is 19.3 Å². The minimum atomic E-state index is -0.409. The number of piperidine rings is 1. The Kier molecular flexibility index (Phi) is 3.54. The highest BCUT2D eigenvalue weighted by Crippen LogP contribution is 2.29. The maximum atomic E-state index is 12.2.